The zero-order chi connectivity index (χ0) is 20.0. The monoisotopic (exact) mass is 506 g/mol. The van der Waals surface area contributed by atoms with Gasteiger partial charge in [-0.05, 0) is 38.5 Å². The molecule has 1 unspecified atom stereocenters. The van der Waals surface area contributed by atoms with Crippen LogP contribution in [-0.4, -0.2) is 72.4 Å². The van der Waals surface area contributed by atoms with E-state index >= 15 is 0 Å². The zero-order valence-corrected chi connectivity index (χ0v) is 19.3. The number of methoxy groups -OCH3 is 1. The van der Waals surface area contributed by atoms with Crippen molar-refractivity contribution in [3.63, 3.8) is 0 Å². The van der Waals surface area contributed by atoms with Crippen molar-refractivity contribution in [1.82, 2.24) is 9.80 Å². The van der Waals surface area contributed by atoms with E-state index in [1.807, 2.05) is 43.9 Å². The lowest BCUT2D eigenvalue weighted by Crippen LogP contribution is -2.53. The van der Waals surface area contributed by atoms with Crippen LogP contribution in [0.4, 0.5) is 4.79 Å². The van der Waals surface area contributed by atoms with Crippen LogP contribution >= 0.6 is 24.0 Å². The molecule has 1 aliphatic heterocycles. The molecule has 0 bridgehead atoms. The molecule has 1 saturated heterocycles. The van der Waals surface area contributed by atoms with Crippen molar-refractivity contribution in [1.29, 1.82) is 0 Å². The summed E-state index contributed by atoms with van der Waals surface area (Å²) in [7, 11) is 1.58. The van der Waals surface area contributed by atoms with Gasteiger partial charge in [0.25, 0.3) is 0 Å². The summed E-state index contributed by atoms with van der Waals surface area (Å²) in [5, 5.41) is 10.3. The molecule has 0 saturated carbocycles. The number of aliphatic hydroxyl groups excluding tert-OH is 1. The Labute approximate surface area is 183 Å². The number of aliphatic imine (C=N–C) groups is 1. The molecule has 158 valence electrons. The number of carbonyl (C=O) groups is 1. The van der Waals surface area contributed by atoms with Crippen molar-refractivity contribution in [2.75, 3.05) is 39.8 Å². The third-order valence-corrected chi connectivity index (χ3v) is 4.16. The number of piperazine rings is 1. The summed E-state index contributed by atoms with van der Waals surface area (Å²) in [4.78, 5) is 20.0. The predicted molar refractivity (Wildman–Crippen MR) is 119 cm³/mol. The molecule has 1 aromatic rings. The van der Waals surface area contributed by atoms with Crippen molar-refractivity contribution in [2.45, 2.75) is 32.5 Å². The van der Waals surface area contributed by atoms with Gasteiger partial charge in [-0.1, -0.05) is 12.1 Å². The minimum Gasteiger partial charge on any atom is -0.497 e. The standard InChI is InChI=1S/C19H30N4O4.HI/c1-19(2,3)27-18(25)23-10-8-22(9-11-23)17(20)21-13-16(24)14-6-5-7-15(12-14)26-4;/h5-7,12,16,24H,8-11,13H2,1-4H3,(H2,20,21);1H. The molecule has 0 radical (unpaired) electrons. The van der Waals surface area contributed by atoms with E-state index in [4.69, 9.17) is 15.2 Å². The second kappa shape index (κ2) is 10.7. The molecule has 1 atom stereocenters. The fraction of sp³-hybridized carbons (Fsp3) is 0.579. The van der Waals surface area contributed by atoms with Crippen molar-refractivity contribution < 1.29 is 19.4 Å². The van der Waals surface area contributed by atoms with Crippen LogP contribution in [0.3, 0.4) is 0 Å². The van der Waals surface area contributed by atoms with E-state index < -0.39 is 11.7 Å². The van der Waals surface area contributed by atoms with Crippen LogP contribution < -0.4 is 10.5 Å². The summed E-state index contributed by atoms with van der Waals surface area (Å²) in [6.45, 7) is 7.88. The summed E-state index contributed by atoms with van der Waals surface area (Å²) < 4.78 is 10.5. The van der Waals surface area contributed by atoms with Crippen LogP contribution in [0.15, 0.2) is 29.3 Å². The highest BCUT2D eigenvalue weighted by Crippen LogP contribution is 2.19. The van der Waals surface area contributed by atoms with Gasteiger partial charge in [0.2, 0.25) is 0 Å². The second-order valence-electron chi connectivity index (χ2n) is 7.45. The third-order valence-electron chi connectivity index (χ3n) is 4.16. The average molecular weight is 506 g/mol. The number of guanidine groups is 1. The van der Waals surface area contributed by atoms with Crippen molar-refractivity contribution in [3.8, 4) is 5.75 Å². The number of carbonyl (C=O) groups excluding carboxylic acids is 1. The highest BCUT2D eigenvalue weighted by Gasteiger charge is 2.26. The van der Waals surface area contributed by atoms with Gasteiger partial charge in [0.1, 0.15) is 11.4 Å². The number of halogens is 1. The Balaban J connectivity index is 0.00000392. The first-order chi connectivity index (χ1) is 12.7. The zero-order valence-electron chi connectivity index (χ0n) is 16.9. The summed E-state index contributed by atoms with van der Waals surface area (Å²) in [6.07, 6.45) is -1.08. The molecule has 2 rings (SSSR count). The highest BCUT2D eigenvalue weighted by molar-refractivity contribution is 14.0. The maximum atomic E-state index is 12.1. The van der Waals surface area contributed by atoms with Gasteiger partial charge in [-0.2, -0.15) is 0 Å². The number of benzene rings is 1. The van der Waals surface area contributed by atoms with Crippen molar-refractivity contribution >= 4 is 36.0 Å². The Bertz CT molecular complexity index is 670. The van der Waals surface area contributed by atoms with Crippen LogP contribution in [0.1, 0.15) is 32.4 Å². The molecule has 28 heavy (non-hydrogen) atoms. The van der Waals surface area contributed by atoms with Crippen LogP contribution in [0, 0.1) is 0 Å². The van der Waals surface area contributed by atoms with E-state index in [1.54, 1.807) is 18.1 Å². The van der Waals surface area contributed by atoms with Crippen molar-refractivity contribution in [3.05, 3.63) is 29.8 Å². The molecule has 1 fully saturated rings. The first-order valence-electron chi connectivity index (χ1n) is 9.04. The molecule has 0 aliphatic carbocycles. The number of amides is 1. The molecule has 1 heterocycles. The summed E-state index contributed by atoms with van der Waals surface area (Å²) in [5.41, 5.74) is 6.27. The van der Waals surface area contributed by atoms with Crippen LogP contribution in [-0.2, 0) is 4.74 Å². The number of aliphatic hydroxyl groups is 1. The minimum atomic E-state index is -0.762. The van der Waals surface area contributed by atoms with E-state index in [0.29, 0.717) is 37.9 Å². The van der Waals surface area contributed by atoms with Gasteiger partial charge in [-0.15, -0.1) is 24.0 Å². The van der Waals surface area contributed by atoms with Crippen LogP contribution in [0.2, 0.25) is 0 Å². The minimum absolute atomic E-state index is 0. The lowest BCUT2D eigenvalue weighted by atomic mass is 10.1. The Hall–Kier alpha value is -1.75. The normalized spacial score (nSPS) is 16.2. The average Bonchev–Trinajstić information content (AvgIpc) is 2.64. The summed E-state index contributed by atoms with van der Waals surface area (Å²) in [5.74, 6) is 1.04. The maximum Gasteiger partial charge on any atom is 0.410 e. The number of rotatable bonds is 4. The molecule has 1 aliphatic rings. The van der Waals surface area contributed by atoms with Crippen molar-refractivity contribution in [2.24, 2.45) is 10.7 Å². The number of nitrogens with zero attached hydrogens (tertiary/aromatic N) is 3. The topological polar surface area (TPSA) is 101 Å². The van der Waals surface area contributed by atoms with E-state index in [1.165, 1.54) is 0 Å². The second-order valence-corrected chi connectivity index (χ2v) is 7.45. The van der Waals surface area contributed by atoms with E-state index in [0.717, 1.165) is 5.56 Å². The first-order valence-corrected chi connectivity index (χ1v) is 9.04. The van der Waals surface area contributed by atoms with Gasteiger partial charge >= 0.3 is 6.09 Å². The number of nitrogens with two attached hydrogens (primary N) is 1. The Kier molecular flexibility index (Phi) is 9.28. The maximum absolute atomic E-state index is 12.1. The summed E-state index contributed by atoms with van der Waals surface area (Å²) in [6, 6.07) is 7.23. The fourth-order valence-electron chi connectivity index (χ4n) is 2.68. The molecular formula is C19H31IN4O4. The fourth-order valence-corrected chi connectivity index (χ4v) is 2.68. The number of hydrogen-bond donors (Lipinski definition) is 2. The lowest BCUT2D eigenvalue weighted by Gasteiger charge is -2.36. The highest BCUT2D eigenvalue weighted by atomic mass is 127. The van der Waals surface area contributed by atoms with E-state index in [9.17, 15) is 9.90 Å². The molecule has 0 spiro atoms. The van der Waals surface area contributed by atoms with Gasteiger partial charge in [-0.25, -0.2) is 4.79 Å². The van der Waals surface area contributed by atoms with Gasteiger partial charge in [-0.3, -0.25) is 4.99 Å². The van der Waals surface area contributed by atoms with E-state index in [2.05, 4.69) is 4.99 Å². The van der Waals surface area contributed by atoms with E-state index in [-0.39, 0.29) is 36.6 Å². The van der Waals surface area contributed by atoms with Crippen LogP contribution in [0.5, 0.6) is 5.75 Å². The molecule has 1 amide bonds. The Morgan fingerprint density at radius 3 is 2.43 bits per heavy atom. The quantitative estimate of drug-likeness (QED) is 0.369. The summed E-state index contributed by atoms with van der Waals surface area (Å²) >= 11 is 0. The van der Waals surface area contributed by atoms with Crippen LogP contribution in [0.25, 0.3) is 0 Å². The molecular weight excluding hydrogens is 475 g/mol. The Morgan fingerprint density at radius 2 is 1.86 bits per heavy atom. The first kappa shape index (κ1) is 24.3. The van der Waals surface area contributed by atoms with Gasteiger partial charge in [0.15, 0.2) is 5.96 Å². The van der Waals surface area contributed by atoms with Gasteiger partial charge in [0.05, 0.1) is 19.8 Å². The molecule has 0 aromatic heterocycles. The number of ether oxygens (including phenoxy) is 2. The number of hydrogen-bond acceptors (Lipinski definition) is 5. The molecule has 3 N–H and O–H groups in total. The van der Waals surface area contributed by atoms with Gasteiger partial charge in [0, 0.05) is 26.2 Å². The lowest BCUT2D eigenvalue weighted by molar-refractivity contribution is 0.0186. The third kappa shape index (κ3) is 7.34. The predicted octanol–water partition coefficient (Wildman–Crippen LogP) is 2.21. The molecule has 9 heteroatoms. The molecule has 1 aromatic carbocycles. The Morgan fingerprint density at radius 1 is 1.25 bits per heavy atom. The SMILES string of the molecule is COc1cccc(C(O)CN=C(N)N2CCN(C(=O)OC(C)(C)C)CC2)c1.I. The van der Waals surface area contributed by atoms with Gasteiger partial charge < -0.3 is 30.1 Å². The largest absolute Gasteiger partial charge is 0.497 e. The molecule has 8 nitrogen and oxygen atoms in total. The smallest absolute Gasteiger partial charge is 0.410 e.